The number of nitrogens with one attached hydrogen (secondary N) is 1. The van der Waals surface area contributed by atoms with E-state index >= 15 is 0 Å². The van der Waals surface area contributed by atoms with Gasteiger partial charge in [0, 0.05) is 6.61 Å². The molecule has 0 aromatic carbocycles. The van der Waals surface area contributed by atoms with Crippen LogP contribution in [-0.4, -0.2) is 50.2 Å². The Labute approximate surface area is 160 Å². The van der Waals surface area contributed by atoms with Crippen molar-refractivity contribution in [1.82, 2.24) is 0 Å². The Kier molecular flexibility index (Phi) is 6.55. The maximum Gasteiger partial charge on any atom is 0.341 e. The smallest absolute Gasteiger partial charge is 0.341 e. The number of hydrogen-bond donors (Lipinski definition) is 2. The molecule has 2 heterocycles. The third-order valence-corrected chi connectivity index (χ3v) is 5.37. The lowest BCUT2D eigenvalue weighted by Crippen LogP contribution is -2.32. The zero-order valence-electron chi connectivity index (χ0n) is 15.4. The molecule has 2 amide bonds. The highest BCUT2D eigenvalue weighted by Gasteiger charge is 2.39. The van der Waals surface area contributed by atoms with E-state index in [0.29, 0.717) is 18.6 Å². The lowest BCUT2D eigenvalue weighted by Gasteiger charge is -2.19. The van der Waals surface area contributed by atoms with E-state index in [1.165, 1.54) is 0 Å². The van der Waals surface area contributed by atoms with E-state index in [-0.39, 0.29) is 28.7 Å². The minimum Gasteiger partial charge on any atom is -0.462 e. The largest absolute Gasteiger partial charge is 0.462 e. The number of ether oxygens (including phenoxy) is 3. The zero-order chi connectivity index (χ0) is 20.2. The van der Waals surface area contributed by atoms with Crippen LogP contribution in [-0.2, 0) is 23.8 Å². The molecule has 1 fully saturated rings. The molecule has 27 heavy (non-hydrogen) atoms. The minimum atomic E-state index is -0.769. The summed E-state index contributed by atoms with van der Waals surface area (Å²) in [6.07, 6.45) is 0.520. The second kappa shape index (κ2) is 8.49. The first-order chi connectivity index (χ1) is 12.7. The Morgan fingerprint density at radius 1 is 1.30 bits per heavy atom. The number of hydrogen-bond acceptors (Lipinski definition) is 8. The molecule has 9 nitrogen and oxygen atoms in total. The van der Waals surface area contributed by atoms with Gasteiger partial charge in [0.1, 0.15) is 5.00 Å². The van der Waals surface area contributed by atoms with Gasteiger partial charge >= 0.3 is 11.9 Å². The van der Waals surface area contributed by atoms with E-state index < -0.39 is 35.8 Å². The fourth-order valence-electron chi connectivity index (χ4n) is 2.58. The van der Waals surface area contributed by atoms with E-state index in [9.17, 15) is 19.2 Å². The SMILES string of the molecule is CCOC(=O)c1c(NC(=O)COC(=O)C2(C)CCOC2)sc(C(N)=O)c1C. The molecule has 0 radical (unpaired) electrons. The Bertz CT molecular complexity index is 766. The number of primary amides is 1. The van der Waals surface area contributed by atoms with Gasteiger partial charge in [0.2, 0.25) is 0 Å². The van der Waals surface area contributed by atoms with Gasteiger partial charge < -0.3 is 25.3 Å². The first-order valence-corrected chi connectivity index (χ1v) is 9.16. The van der Waals surface area contributed by atoms with Gasteiger partial charge in [-0.1, -0.05) is 0 Å². The number of carbonyl (C=O) groups is 4. The van der Waals surface area contributed by atoms with Crippen LogP contribution in [0.4, 0.5) is 5.00 Å². The summed E-state index contributed by atoms with van der Waals surface area (Å²) >= 11 is 0.868. The highest BCUT2D eigenvalue weighted by Crippen LogP contribution is 2.33. The zero-order valence-corrected chi connectivity index (χ0v) is 16.2. The van der Waals surface area contributed by atoms with Crippen LogP contribution < -0.4 is 11.1 Å². The Balaban J connectivity index is 2.10. The molecule has 1 atom stereocenters. The normalized spacial score (nSPS) is 18.8. The maximum absolute atomic E-state index is 12.2. The van der Waals surface area contributed by atoms with Crippen LogP contribution in [0.3, 0.4) is 0 Å². The molecule has 3 N–H and O–H groups in total. The minimum absolute atomic E-state index is 0.0616. The van der Waals surface area contributed by atoms with E-state index in [2.05, 4.69) is 5.32 Å². The molecule has 1 aromatic heterocycles. The van der Waals surface area contributed by atoms with E-state index in [1.807, 2.05) is 0 Å². The molecule has 0 bridgehead atoms. The number of rotatable bonds is 7. The Morgan fingerprint density at radius 2 is 2.00 bits per heavy atom. The van der Waals surface area contributed by atoms with Crippen molar-refractivity contribution in [2.45, 2.75) is 27.2 Å². The van der Waals surface area contributed by atoms with Crippen molar-refractivity contribution in [1.29, 1.82) is 0 Å². The number of carbonyl (C=O) groups excluding carboxylic acids is 4. The van der Waals surface area contributed by atoms with E-state index in [4.69, 9.17) is 19.9 Å². The number of amides is 2. The molecule has 1 aliphatic rings. The Hall–Kier alpha value is -2.46. The van der Waals surface area contributed by atoms with Crippen molar-refractivity contribution in [3.8, 4) is 0 Å². The standard InChI is InChI=1S/C17H22N2O7S/c1-4-25-15(22)11-9(2)12(13(18)21)27-14(11)19-10(20)7-26-16(23)17(3)5-6-24-8-17/h4-8H2,1-3H3,(H2,18,21)(H,19,20). The van der Waals surface area contributed by atoms with Crippen molar-refractivity contribution in [2.75, 3.05) is 31.7 Å². The summed E-state index contributed by atoms with van der Waals surface area (Å²) in [6, 6.07) is 0. The molecule has 1 unspecified atom stereocenters. The van der Waals surface area contributed by atoms with E-state index in [0.717, 1.165) is 11.3 Å². The summed E-state index contributed by atoms with van der Waals surface area (Å²) in [5.74, 6) is -2.57. The summed E-state index contributed by atoms with van der Waals surface area (Å²) in [5, 5.41) is 2.61. The highest BCUT2D eigenvalue weighted by molar-refractivity contribution is 7.18. The summed E-state index contributed by atoms with van der Waals surface area (Å²) in [6.45, 7) is 5.20. The van der Waals surface area contributed by atoms with E-state index in [1.54, 1.807) is 20.8 Å². The van der Waals surface area contributed by atoms with Crippen LogP contribution in [0, 0.1) is 12.3 Å². The van der Waals surface area contributed by atoms with Gasteiger partial charge in [0.15, 0.2) is 6.61 Å². The van der Waals surface area contributed by atoms with Gasteiger partial charge in [-0.05, 0) is 32.8 Å². The lowest BCUT2D eigenvalue weighted by molar-refractivity contribution is -0.157. The third kappa shape index (κ3) is 4.64. The van der Waals surface area contributed by atoms with Gasteiger partial charge in [-0.3, -0.25) is 14.4 Å². The van der Waals surface area contributed by atoms with Gasteiger partial charge in [-0.25, -0.2) is 4.79 Å². The first kappa shape index (κ1) is 20.8. The molecule has 1 aliphatic heterocycles. The van der Waals surface area contributed by atoms with Crippen molar-refractivity contribution in [2.24, 2.45) is 11.1 Å². The first-order valence-electron chi connectivity index (χ1n) is 8.34. The second-order valence-electron chi connectivity index (χ2n) is 6.33. The average molecular weight is 398 g/mol. The molecule has 10 heteroatoms. The third-order valence-electron chi connectivity index (χ3n) is 4.15. The monoisotopic (exact) mass is 398 g/mol. The lowest BCUT2D eigenvalue weighted by atomic mass is 9.90. The molecular formula is C17H22N2O7S. The van der Waals surface area contributed by atoms with Gasteiger partial charge in [0.25, 0.3) is 11.8 Å². The molecule has 0 saturated carbocycles. The Morgan fingerprint density at radius 3 is 2.56 bits per heavy atom. The van der Waals surface area contributed by atoms with Crippen molar-refractivity contribution >= 4 is 40.1 Å². The molecule has 0 spiro atoms. The summed E-state index contributed by atoms with van der Waals surface area (Å²) < 4.78 is 15.2. The predicted molar refractivity (Wildman–Crippen MR) is 96.7 cm³/mol. The molecule has 0 aliphatic carbocycles. The summed E-state index contributed by atoms with van der Waals surface area (Å²) in [5.41, 5.74) is 4.93. The molecule has 148 valence electrons. The number of thiophene rings is 1. The second-order valence-corrected chi connectivity index (χ2v) is 7.35. The molecule has 1 aromatic rings. The van der Waals surface area contributed by atoms with Crippen LogP contribution in [0.2, 0.25) is 0 Å². The van der Waals surface area contributed by atoms with Crippen LogP contribution >= 0.6 is 11.3 Å². The van der Waals surface area contributed by atoms with Gasteiger partial charge in [0.05, 0.1) is 29.1 Å². The van der Waals surface area contributed by atoms with Crippen LogP contribution in [0.1, 0.15) is 45.9 Å². The maximum atomic E-state index is 12.2. The van der Waals surface area contributed by atoms with Crippen LogP contribution in [0.15, 0.2) is 0 Å². The fraction of sp³-hybridized carbons (Fsp3) is 0.529. The van der Waals surface area contributed by atoms with Crippen molar-refractivity contribution in [3.63, 3.8) is 0 Å². The van der Waals surface area contributed by atoms with Crippen molar-refractivity contribution in [3.05, 3.63) is 16.0 Å². The predicted octanol–water partition coefficient (Wildman–Crippen LogP) is 1.24. The number of anilines is 1. The summed E-state index contributed by atoms with van der Waals surface area (Å²) in [7, 11) is 0. The fourth-order valence-corrected chi connectivity index (χ4v) is 3.64. The topological polar surface area (TPSA) is 134 Å². The molecular weight excluding hydrogens is 376 g/mol. The molecule has 1 saturated heterocycles. The van der Waals surface area contributed by atoms with Crippen LogP contribution in [0.25, 0.3) is 0 Å². The number of nitrogens with two attached hydrogens (primary N) is 1. The average Bonchev–Trinajstić information content (AvgIpc) is 3.17. The van der Waals surface area contributed by atoms with Gasteiger partial charge in [-0.15, -0.1) is 11.3 Å². The quantitative estimate of drug-likeness (QED) is 0.660. The van der Waals surface area contributed by atoms with Crippen molar-refractivity contribution < 1.29 is 33.4 Å². The van der Waals surface area contributed by atoms with Gasteiger partial charge in [-0.2, -0.15) is 0 Å². The number of esters is 2. The molecule has 2 rings (SSSR count). The highest BCUT2D eigenvalue weighted by atomic mass is 32.1. The van der Waals surface area contributed by atoms with Crippen LogP contribution in [0.5, 0.6) is 0 Å². The summed E-state index contributed by atoms with van der Waals surface area (Å²) in [4.78, 5) is 48.1.